The molecule has 27 heavy (non-hydrogen) atoms. The average molecular weight is 465 g/mol. The zero-order valence-corrected chi connectivity index (χ0v) is 17.5. The molecule has 1 heterocycles. The number of esters is 1. The number of nitrogens with one attached hydrogen (secondary N) is 1. The van der Waals surface area contributed by atoms with Crippen molar-refractivity contribution in [3.8, 4) is 0 Å². The van der Waals surface area contributed by atoms with Crippen LogP contribution < -0.4 is 5.32 Å². The number of nitrogens with zero attached hydrogens (tertiary/aromatic N) is 1. The summed E-state index contributed by atoms with van der Waals surface area (Å²) < 4.78 is 7.16. The van der Waals surface area contributed by atoms with Crippen molar-refractivity contribution in [2.75, 3.05) is 24.2 Å². The number of rotatable bonds is 6. The lowest BCUT2D eigenvalue weighted by Crippen LogP contribution is -2.21. The fourth-order valence-corrected chi connectivity index (χ4v) is 4.60. The monoisotopic (exact) mass is 464 g/mol. The van der Waals surface area contributed by atoms with Crippen LogP contribution >= 0.6 is 39.5 Å². The number of carbonyl (C=O) groups excluding carboxylic acids is 2. The van der Waals surface area contributed by atoms with Gasteiger partial charge in [0.05, 0.1) is 12.1 Å². The van der Waals surface area contributed by atoms with E-state index < -0.39 is 5.97 Å². The largest absolute Gasteiger partial charge is 0.452 e. The molecule has 0 aliphatic carbocycles. The van der Waals surface area contributed by atoms with E-state index in [9.17, 15) is 9.59 Å². The van der Waals surface area contributed by atoms with Crippen molar-refractivity contribution in [1.82, 2.24) is 0 Å². The van der Waals surface area contributed by atoms with E-state index in [4.69, 9.17) is 4.74 Å². The van der Waals surface area contributed by atoms with Gasteiger partial charge in [-0.3, -0.25) is 9.79 Å². The van der Waals surface area contributed by atoms with Gasteiger partial charge in [0.25, 0.3) is 5.91 Å². The van der Waals surface area contributed by atoms with E-state index in [-0.39, 0.29) is 12.5 Å². The minimum atomic E-state index is -0.502. The van der Waals surface area contributed by atoms with E-state index in [2.05, 4.69) is 26.2 Å². The third-order valence-electron chi connectivity index (χ3n) is 3.61. The normalized spacial score (nSPS) is 13.1. The molecule has 1 amide bonds. The Hall–Kier alpha value is -1.77. The van der Waals surface area contributed by atoms with Gasteiger partial charge in [0.2, 0.25) is 0 Å². The van der Waals surface area contributed by atoms with Crippen molar-refractivity contribution < 1.29 is 14.3 Å². The number of aliphatic imine (C=N–C) groups is 1. The topological polar surface area (TPSA) is 67.8 Å². The number of hydrogen-bond acceptors (Lipinski definition) is 6. The van der Waals surface area contributed by atoms with E-state index in [0.29, 0.717) is 17.0 Å². The second-order valence-corrected chi connectivity index (χ2v) is 8.79. The number of carbonyl (C=O) groups is 2. The Kier molecular flexibility index (Phi) is 7.37. The molecule has 0 radical (unpaired) electrons. The highest BCUT2D eigenvalue weighted by atomic mass is 79.9. The molecule has 2 aromatic rings. The highest BCUT2D eigenvalue weighted by Gasteiger charge is 2.16. The molecule has 0 bridgehead atoms. The summed E-state index contributed by atoms with van der Waals surface area (Å²) in [6.45, 7) is 0.517. The van der Waals surface area contributed by atoms with E-state index in [0.717, 1.165) is 26.7 Å². The molecule has 0 spiro atoms. The standard InChI is InChI=1S/C19H17BrN2O3S2/c20-14-5-7-15(8-6-14)22-17(23)11-25-18(24)16-4-2-1-3-13(16)12-27-19-21-9-10-26-19/h1-8H,9-12H2,(H,22,23). The summed E-state index contributed by atoms with van der Waals surface area (Å²) >= 11 is 6.69. The van der Waals surface area contributed by atoms with Crippen molar-refractivity contribution in [1.29, 1.82) is 0 Å². The first-order chi connectivity index (χ1) is 13.1. The van der Waals surface area contributed by atoms with Gasteiger partial charge in [-0.2, -0.15) is 0 Å². The predicted molar refractivity (Wildman–Crippen MR) is 116 cm³/mol. The second kappa shape index (κ2) is 9.96. The minimum Gasteiger partial charge on any atom is -0.452 e. The molecule has 0 atom stereocenters. The van der Waals surface area contributed by atoms with Crippen LogP contribution in [0.25, 0.3) is 0 Å². The number of benzene rings is 2. The first kappa shape index (κ1) is 20.0. The van der Waals surface area contributed by atoms with Gasteiger partial charge >= 0.3 is 5.97 Å². The Bertz CT molecular complexity index is 856. The van der Waals surface area contributed by atoms with Crippen LogP contribution in [0.15, 0.2) is 58.0 Å². The van der Waals surface area contributed by atoms with Crippen molar-refractivity contribution >= 4 is 61.4 Å². The molecule has 0 saturated heterocycles. The van der Waals surface area contributed by atoms with Crippen LogP contribution in [-0.4, -0.2) is 35.2 Å². The van der Waals surface area contributed by atoms with E-state index in [1.807, 2.05) is 24.3 Å². The molecule has 8 heteroatoms. The maximum atomic E-state index is 12.4. The Morgan fingerprint density at radius 2 is 1.96 bits per heavy atom. The molecule has 0 saturated carbocycles. The molecule has 1 N–H and O–H groups in total. The Balaban J connectivity index is 1.54. The van der Waals surface area contributed by atoms with E-state index >= 15 is 0 Å². The fraction of sp³-hybridized carbons (Fsp3) is 0.211. The molecule has 2 aromatic carbocycles. The summed E-state index contributed by atoms with van der Waals surface area (Å²) in [7, 11) is 0. The zero-order valence-electron chi connectivity index (χ0n) is 14.3. The van der Waals surface area contributed by atoms with Gasteiger partial charge in [-0.1, -0.05) is 57.7 Å². The molecule has 0 fully saturated rings. The Morgan fingerprint density at radius 3 is 2.70 bits per heavy atom. The van der Waals surface area contributed by atoms with Crippen LogP contribution in [0.3, 0.4) is 0 Å². The second-order valence-electron chi connectivity index (χ2n) is 5.57. The SMILES string of the molecule is O=C(COC(=O)c1ccccc1CSC1=NCCS1)Nc1ccc(Br)cc1. The summed E-state index contributed by atoms with van der Waals surface area (Å²) in [5.41, 5.74) is 1.99. The Morgan fingerprint density at radius 1 is 1.19 bits per heavy atom. The van der Waals surface area contributed by atoms with Gasteiger partial charge in [-0.05, 0) is 35.9 Å². The summed E-state index contributed by atoms with van der Waals surface area (Å²) in [6, 6.07) is 14.5. The zero-order chi connectivity index (χ0) is 19.1. The number of halogens is 1. The van der Waals surface area contributed by atoms with Gasteiger partial charge in [0, 0.05) is 21.7 Å². The van der Waals surface area contributed by atoms with Crippen LogP contribution in [-0.2, 0) is 15.3 Å². The van der Waals surface area contributed by atoms with E-state index in [1.165, 1.54) is 0 Å². The van der Waals surface area contributed by atoms with Gasteiger partial charge < -0.3 is 10.1 Å². The molecular weight excluding hydrogens is 448 g/mol. The van der Waals surface area contributed by atoms with Crippen LogP contribution in [0, 0.1) is 0 Å². The predicted octanol–water partition coefficient (Wildman–Crippen LogP) is 4.58. The van der Waals surface area contributed by atoms with Crippen LogP contribution in [0.4, 0.5) is 5.69 Å². The third-order valence-corrected chi connectivity index (χ3v) is 6.44. The minimum absolute atomic E-state index is 0.334. The van der Waals surface area contributed by atoms with Gasteiger partial charge in [0.15, 0.2) is 6.61 Å². The van der Waals surface area contributed by atoms with Gasteiger partial charge in [-0.15, -0.1) is 0 Å². The number of amides is 1. The summed E-state index contributed by atoms with van der Waals surface area (Å²) in [4.78, 5) is 28.8. The summed E-state index contributed by atoms with van der Waals surface area (Å²) in [6.07, 6.45) is 0. The maximum absolute atomic E-state index is 12.4. The van der Waals surface area contributed by atoms with Crippen molar-refractivity contribution in [3.05, 3.63) is 64.1 Å². The van der Waals surface area contributed by atoms with Crippen LogP contribution in [0.1, 0.15) is 15.9 Å². The quantitative estimate of drug-likeness (QED) is 0.633. The first-order valence-electron chi connectivity index (χ1n) is 8.22. The van der Waals surface area contributed by atoms with Crippen LogP contribution in [0.5, 0.6) is 0 Å². The number of anilines is 1. The number of hydrogen-bond donors (Lipinski definition) is 1. The van der Waals surface area contributed by atoms with Crippen LogP contribution in [0.2, 0.25) is 0 Å². The molecule has 1 aliphatic rings. The van der Waals surface area contributed by atoms with Gasteiger partial charge in [0.1, 0.15) is 4.38 Å². The van der Waals surface area contributed by atoms with Crippen molar-refractivity contribution in [3.63, 3.8) is 0 Å². The Labute approximate surface area is 174 Å². The molecule has 0 unspecified atom stereocenters. The summed E-state index contributed by atoms with van der Waals surface area (Å²) in [5, 5.41) is 2.69. The van der Waals surface area contributed by atoms with E-state index in [1.54, 1.807) is 47.8 Å². The molecule has 3 rings (SSSR count). The molecular formula is C19H17BrN2O3S2. The lowest BCUT2D eigenvalue weighted by molar-refractivity contribution is -0.119. The van der Waals surface area contributed by atoms with Crippen molar-refractivity contribution in [2.24, 2.45) is 4.99 Å². The lowest BCUT2D eigenvalue weighted by atomic mass is 10.1. The molecule has 1 aliphatic heterocycles. The summed E-state index contributed by atoms with van der Waals surface area (Å²) in [5.74, 6) is 0.772. The average Bonchev–Trinajstić information content (AvgIpc) is 3.20. The third kappa shape index (κ3) is 6.12. The fourth-order valence-electron chi connectivity index (χ4n) is 2.33. The lowest BCUT2D eigenvalue weighted by Gasteiger charge is -2.10. The molecule has 0 aromatic heterocycles. The maximum Gasteiger partial charge on any atom is 0.338 e. The van der Waals surface area contributed by atoms with Crippen molar-refractivity contribution in [2.45, 2.75) is 5.75 Å². The molecule has 140 valence electrons. The smallest absolute Gasteiger partial charge is 0.338 e. The number of ether oxygens (including phenoxy) is 1. The molecule has 5 nitrogen and oxygen atoms in total. The van der Waals surface area contributed by atoms with Gasteiger partial charge in [-0.25, -0.2) is 4.79 Å². The first-order valence-corrected chi connectivity index (χ1v) is 11.0. The number of thioether (sulfide) groups is 2. The highest BCUT2D eigenvalue weighted by Crippen LogP contribution is 2.26. The highest BCUT2D eigenvalue weighted by molar-refractivity contribution is 9.10.